The fourth-order valence-electron chi connectivity index (χ4n) is 1.87. The van der Waals surface area contributed by atoms with Crippen LogP contribution in [-0.4, -0.2) is 15.2 Å². The van der Waals surface area contributed by atoms with Gasteiger partial charge in [0.2, 0.25) is 5.82 Å². The lowest BCUT2D eigenvalue weighted by molar-refractivity contribution is 0.576. The molecule has 0 saturated carbocycles. The minimum Gasteiger partial charge on any atom is -0.461 e. The van der Waals surface area contributed by atoms with E-state index in [4.69, 9.17) is 4.42 Å². The summed E-state index contributed by atoms with van der Waals surface area (Å²) in [5.41, 5.74) is 2.25. The lowest BCUT2D eigenvalue weighted by Gasteiger charge is -1.95. The normalized spacial score (nSPS) is 10.7. The summed E-state index contributed by atoms with van der Waals surface area (Å²) in [6.45, 7) is 1.98. The van der Waals surface area contributed by atoms with Crippen molar-refractivity contribution in [1.29, 1.82) is 0 Å². The second-order valence-electron chi connectivity index (χ2n) is 4.20. The summed E-state index contributed by atoms with van der Waals surface area (Å²) in [6.07, 6.45) is 2.39. The Kier molecular flexibility index (Phi) is 2.68. The van der Waals surface area contributed by atoms with E-state index in [2.05, 4.69) is 27.3 Å². The lowest BCUT2D eigenvalue weighted by Crippen LogP contribution is -1.90. The van der Waals surface area contributed by atoms with E-state index in [1.165, 1.54) is 5.56 Å². The van der Waals surface area contributed by atoms with Gasteiger partial charge in [-0.1, -0.05) is 30.3 Å². The summed E-state index contributed by atoms with van der Waals surface area (Å²) in [7, 11) is 0. The number of aromatic amines is 1. The molecule has 3 aromatic rings. The van der Waals surface area contributed by atoms with Crippen molar-refractivity contribution < 1.29 is 4.42 Å². The summed E-state index contributed by atoms with van der Waals surface area (Å²) in [6, 6.07) is 12.1. The van der Waals surface area contributed by atoms with E-state index in [1.54, 1.807) is 6.26 Å². The van der Waals surface area contributed by atoms with E-state index in [-0.39, 0.29) is 0 Å². The number of nitrogens with zero attached hydrogens (tertiary/aromatic N) is 2. The lowest BCUT2D eigenvalue weighted by atomic mass is 10.1. The topological polar surface area (TPSA) is 54.7 Å². The highest BCUT2D eigenvalue weighted by molar-refractivity contribution is 5.51. The quantitative estimate of drug-likeness (QED) is 0.764. The standard InChI is InChI=1S/C14H13N3O/c1-10-7-8-18-13(10)14-15-12(16-17-14)9-11-5-3-2-4-6-11/h2-8H,9H2,1H3,(H,15,16,17). The van der Waals surface area contributed by atoms with Crippen LogP contribution in [-0.2, 0) is 6.42 Å². The van der Waals surface area contributed by atoms with Crippen molar-refractivity contribution in [2.24, 2.45) is 0 Å². The Labute approximate surface area is 105 Å². The third-order valence-electron chi connectivity index (χ3n) is 2.81. The van der Waals surface area contributed by atoms with E-state index >= 15 is 0 Å². The zero-order valence-electron chi connectivity index (χ0n) is 10.1. The van der Waals surface area contributed by atoms with E-state index in [0.717, 1.165) is 23.6 Å². The van der Waals surface area contributed by atoms with Gasteiger partial charge >= 0.3 is 0 Å². The molecule has 90 valence electrons. The number of aromatic nitrogens is 3. The van der Waals surface area contributed by atoms with Gasteiger partial charge in [0.05, 0.1) is 6.26 Å². The summed E-state index contributed by atoms with van der Waals surface area (Å²) < 4.78 is 5.37. The number of H-pyrrole nitrogens is 1. The van der Waals surface area contributed by atoms with Crippen molar-refractivity contribution in [2.45, 2.75) is 13.3 Å². The van der Waals surface area contributed by atoms with Crippen LogP contribution in [0.2, 0.25) is 0 Å². The van der Waals surface area contributed by atoms with Gasteiger partial charge in [-0.15, -0.1) is 0 Å². The molecular formula is C14H13N3O. The average molecular weight is 239 g/mol. The van der Waals surface area contributed by atoms with Crippen LogP contribution in [0.4, 0.5) is 0 Å². The molecule has 1 N–H and O–H groups in total. The van der Waals surface area contributed by atoms with Gasteiger partial charge in [-0.3, -0.25) is 5.10 Å². The molecule has 2 heterocycles. The molecule has 0 unspecified atom stereocenters. The predicted molar refractivity (Wildman–Crippen MR) is 68.1 cm³/mol. The van der Waals surface area contributed by atoms with Gasteiger partial charge in [-0.05, 0) is 24.1 Å². The van der Waals surface area contributed by atoms with Crippen LogP contribution in [0.1, 0.15) is 17.0 Å². The second kappa shape index (κ2) is 4.49. The number of furan rings is 1. The number of rotatable bonds is 3. The van der Waals surface area contributed by atoms with E-state index < -0.39 is 0 Å². The molecule has 0 fully saturated rings. The molecule has 0 radical (unpaired) electrons. The van der Waals surface area contributed by atoms with Crippen LogP contribution in [0.3, 0.4) is 0 Å². The highest BCUT2D eigenvalue weighted by Gasteiger charge is 2.11. The van der Waals surface area contributed by atoms with Crippen molar-refractivity contribution in [1.82, 2.24) is 15.2 Å². The summed E-state index contributed by atoms with van der Waals surface area (Å²) in [5.74, 6) is 2.18. The number of hydrogen-bond acceptors (Lipinski definition) is 3. The van der Waals surface area contributed by atoms with E-state index in [0.29, 0.717) is 5.82 Å². The molecule has 4 heteroatoms. The molecule has 0 spiro atoms. The van der Waals surface area contributed by atoms with Crippen molar-refractivity contribution in [2.75, 3.05) is 0 Å². The van der Waals surface area contributed by atoms with Crippen LogP contribution < -0.4 is 0 Å². The monoisotopic (exact) mass is 239 g/mol. The number of benzene rings is 1. The Balaban J connectivity index is 1.84. The first-order valence-corrected chi connectivity index (χ1v) is 5.82. The van der Waals surface area contributed by atoms with Crippen LogP contribution in [0.15, 0.2) is 47.1 Å². The molecular weight excluding hydrogens is 226 g/mol. The minimum absolute atomic E-state index is 0.614. The zero-order valence-corrected chi connectivity index (χ0v) is 10.1. The third kappa shape index (κ3) is 2.05. The SMILES string of the molecule is Cc1ccoc1-c1n[nH]c(Cc2ccccc2)n1. The Bertz CT molecular complexity index is 640. The molecule has 0 aliphatic heterocycles. The van der Waals surface area contributed by atoms with Gasteiger partial charge in [0, 0.05) is 6.42 Å². The highest BCUT2D eigenvalue weighted by Crippen LogP contribution is 2.20. The largest absolute Gasteiger partial charge is 0.461 e. The molecule has 0 atom stereocenters. The maximum atomic E-state index is 5.37. The van der Waals surface area contributed by atoms with Gasteiger partial charge in [-0.25, -0.2) is 4.98 Å². The van der Waals surface area contributed by atoms with Crippen LogP contribution in [0, 0.1) is 6.92 Å². The number of hydrogen-bond donors (Lipinski definition) is 1. The first-order chi connectivity index (χ1) is 8.83. The van der Waals surface area contributed by atoms with E-state index in [1.807, 2.05) is 31.2 Å². The molecule has 2 aromatic heterocycles. The van der Waals surface area contributed by atoms with Gasteiger partial charge in [0.1, 0.15) is 5.82 Å². The average Bonchev–Trinajstić information content (AvgIpc) is 2.99. The Morgan fingerprint density at radius 2 is 2.00 bits per heavy atom. The summed E-state index contributed by atoms with van der Waals surface area (Å²) in [4.78, 5) is 4.45. The molecule has 0 amide bonds. The number of nitrogens with one attached hydrogen (secondary N) is 1. The first kappa shape index (κ1) is 10.8. The molecule has 0 aliphatic carbocycles. The van der Waals surface area contributed by atoms with Crippen LogP contribution >= 0.6 is 0 Å². The Morgan fingerprint density at radius 3 is 2.72 bits per heavy atom. The number of aryl methyl sites for hydroxylation is 1. The van der Waals surface area contributed by atoms with Gasteiger partial charge in [-0.2, -0.15) is 5.10 Å². The van der Waals surface area contributed by atoms with Crippen LogP contribution in [0.5, 0.6) is 0 Å². The Morgan fingerprint density at radius 1 is 1.17 bits per heavy atom. The second-order valence-corrected chi connectivity index (χ2v) is 4.20. The third-order valence-corrected chi connectivity index (χ3v) is 2.81. The molecule has 4 nitrogen and oxygen atoms in total. The maximum Gasteiger partial charge on any atom is 0.217 e. The molecule has 0 saturated heterocycles. The van der Waals surface area contributed by atoms with Crippen molar-refractivity contribution in [3.05, 3.63) is 59.6 Å². The van der Waals surface area contributed by atoms with Crippen molar-refractivity contribution >= 4 is 0 Å². The van der Waals surface area contributed by atoms with Gasteiger partial charge in [0.15, 0.2) is 5.76 Å². The van der Waals surface area contributed by atoms with Gasteiger partial charge in [0.25, 0.3) is 0 Å². The highest BCUT2D eigenvalue weighted by atomic mass is 16.3. The zero-order chi connectivity index (χ0) is 12.4. The fraction of sp³-hybridized carbons (Fsp3) is 0.143. The first-order valence-electron chi connectivity index (χ1n) is 5.82. The molecule has 1 aromatic carbocycles. The maximum absolute atomic E-state index is 5.37. The fourth-order valence-corrected chi connectivity index (χ4v) is 1.87. The van der Waals surface area contributed by atoms with E-state index in [9.17, 15) is 0 Å². The molecule has 18 heavy (non-hydrogen) atoms. The van der Waals surface area contributed by atoms with Gasteiger partial charge < -0.3 is 4.42 Å². The minimum atomic E-state index is 0.614. The predicted octanol–water partition coefficient (Wildman–Crippen LogP) is 2.96. The smallest absolute Gasteiger partial charge is 0.217 e. The molecule has 0 aliphatic rings. The summed E-state index contributed by atoms with van der Waals surface area (Å²) in [5, 5.41) is 7.13. The summed E-state index contributed by atoms with van der Waals surface area (Å²) >= 11 is 0. The Hall–Kier alpha value is -2.36. The van der Waals surface area contributed by atoms with Crippen molar-refractivity contribution in [3.63, 3.8) is 0 Å². The molecule has 0 bridgehead atoms. The van der Waals surface area contributed by atoms with Crippen LogP contribution in [0.25, 0.3) is 11.6 Å². The van der Waals surface area contributed by atoms with Crippen molar-refractivity contribution in [3.8, 4) is 11.6 Å². The molecule has 3 rings (SSSR count).